The smallest absolute Gasteiger partial charge is 0.355 e. The number of thiazole rings is 1. The summed E-state index contributed by atoms with van der Waals surface area (Å²) in [5.41, 5.74) is 3.73. The van der Waals surface area contributed by atoms with Crippen LogP contribution in [0.5, 0.6) is 0 Å². The molecule has 0 amide bonds. The number of ether oxygens (including phenoxy) is 1. The third kappa shape index (κ3) is 6.82. The third-order valence-corrected chi connectivity index (χ3v) is 8.85. The molecule has 2 aromatic heterocycles. The maximum atomic E-state index is 14.9. The van der Waals surface area contributed by atoms with E-state index in [0.717, 1.165) is 37.2 Å². The third-order valence-electron chi connectivity index (χ3n) is 7.51. The number of carboxylic acid groups (broad SMARTS) is 1. The minimum Gasteiger partial charge on any atom is -0.476 e. The van der Waals surface area contributed by atoms with Gasteiger partial charge in [0.1, 0.15) is 11.6 Å². The number of rotatable bonds is 9. The molecular formula is C31H28F2N4O4S2. The molecule has 0 atom stereocenters. The van der Waals surface area contributed by atoms with Crippen molar-refractivity contribution in [1.82, 2.24) is 19.7 Å². The van der Waals surface area contributed by atoms with E-state index in [1.54, 1.807) is 22.9 Å². The Kier molecular flexibility index (Phi) is 8.88. The predicted molar refractivity (Wildman–Crippen MR) is 160 cm³/mol. The van der Waals surface area contributed by atoms with Gasteiger partial charge in [0.2, 0.25) is 5.13 Å². The molecule has 2 N–H and O–H groups in total. The molecule has 6 rings (SSSR count). The quantitative estimate of drug-likeness (QED) is 0.180. The Balaban J connectivity index is 1.44. The Labute approximate surface area is 255 Å². The SMILES string of the molecule is O=C(O)c1csc(-n2nc(-c3ccc(F)c(C#CCN4CCOCC4)c3)c(Cc3ccc(SO)c(F)c3)c2CC2CC2)n1. The molecule has 2 aromatic carbocycles. The van der Waals surface area contributed by atoms with Crippen LogP contribution in [0.25, 0.3) is 16.4 Å². The van der Waals surface area contributed by atoms with Gasteiger partial charge >= 0.3 is 5.97 Å². The van der Waals surface area contributed by atoms with Gasteiger partial charge in [0.25, 0.3) is 0 Å². The zero-order valence-electron chi connectivity index (χ0n) is 23.1. The Hall–Kier alpha value is -3.60. The fourth-order valence-electron chi connectivity index (χ4n) is 5.03. The van der Waals surface area contributed by atoms with Crippen molar-refractivity contribution in [2.24, 2.45) is 5.92 Å². The average Bonchev–Trinajstić information content (AvgIpc) is 3.57. The maximum absolute atomic E-state index is 14.9. The molecule has 43 heavy (non-hydrogen) atoms. The lowest BCUT2D eigenvalue weighted by Crippen LogP contribution is -2.36. The summed E-state index contributed by atoms with van der Waals surface area (Å²) in [6, 6.07) is 9.37. The number of aromatic nitrogens is 3. The van der Waals surface area contributed by atoms with Crippen LogP contribution in [-0.2, 0) is 17.6 Å². The highest BCUT2D eigenvalue weighted by atomic mass is 32.2. The van der Waals surface area contributed by atoms with Crippen LogP contribution in [0.3, 0.4) is 0 Å². The second-order valence-electron chi connectivity index (χ2n) is 10.6. The number of benzene rings is 2. The molecule has 0 radical (unpaired) electrons. The molecule has 1 saturated carbocycles. The molecular weight excluding hydrogens is 594 g/mol. The minimum atomic E-state index is -1.13. The first kappa shape index (κ1) is 29.5. The van der Waals surface area contributed by atoms with Gasteiger partial charge in [-0.3, -0.25) is 4.90 Å². The van der Waals surface area contributed by atoms with Gasteiger partial charge < -0.3 is 14.4 Å². The van der Waals surface area contributed by atoms with E-state index in [9.17, 15) is 23.2 Å². The maximum Gasteiger partial charge on any atom is 0.355 e. The van der Waals surface area contributed by atoms with Gasteiger partial charge in [0.15, 0.2) is 5.69 Å². The highest BCUT2D eigenvalue weighted by Gasteiger charge is 2.29. The number of carboxylic acids is 1. The van der Waals surface area contributed by atoms with Crippen LogP contribution in [0, 0.1) is 29.4 Å². The molecule has 3 heterocycles. The van der Waals surface area contributed by atoms with Crippen LogP contribution < -0.4 is 0 Å². The lowest BCUT2D eigenvalue weighted by Gasteiger charge is -2.24. The summed E-state index contributed by atoms with van der Waals surface area (Å²) in [5.74, 6) is 4.40. The summed E-state index contributed by atoms with van der Waals surface area (Å²) < 4.78 is 46.0. The van der Waals surface area contributed by atoms with Gasteiger partial charge in [-0.25, -0.2) is 23.2 Å². The molecule has 0 bridgehead atoms. The van der Waals surface area contributed by atoms with Crippen LogP contribution in [0.15, 0.2) is 46.7 Å². The van der Waals surface area contributed by atoms with Gasteiger partial charge in [-0.15, -0.1) is 11.3 Å². The summed E-state index contributed by atoms with van der Waals surface area (Å²) in [7, 11) is 0. The number of morpholine rings is 1. The molecule has 12 heteroatoms. The number of halogens is 2. The van der Waals surface area contributed by atoms with E-state index >= 15 is 0 Å². The van der Waals surface area contributed by atoms with Crippen molar-refractivity contribution in [1.29, 1.82) is 0 Å². The number of hydrogen-bond acceptors (Lipinski definition) is 8. The summed E-state index contributed by atoms with van der Waals surface area (Å²) >= 11 is 1.53. The molecule has 222 valence electrons. The number of hydrogen-bond donors (Lipinski definition) is 2. The highest BCUT2D eigenvalue weighted by Crippen LogP contribution is 2.38. The fourth-order valence-corrected chi connectivity index (χ4v) is 6.08. The Morgan fingerprint density at radius 3 is 2.65 bits per heavy atom. The van der Waals surface area contributed by atoms with Crippen molar-refractivity contribution in [3.8, 4) is 28.2 Å². The van der Waals surface area contributed by atoms with E-state index in [1.165, 1.54) is 34.9 Å². The van der Waals surface area contributed by atoms with Crippen molar-refractivity contribution in [3.63, 3.8) is 0 Å². The molecule has 4 aromatic rings. The van der Waals surface area contributed by atoms with E-state index in [4.69, 9.17) is 9.84 Å². The lowest BCUT2D eigenvalue weighted by molar-refractivity contribution is 0.0443. The van der Waals surface area contributed by atoms with Gasteiger partial charge in [-0.05, 0) is 61.1 Å². The van der Waals surface area contributed by atoms with Crippen molar-refractivity contribution in [2.75, 3.05) is 32.8 Å². The van der Waals surface area contributed by atoms with Crippen LogP contribution >= 0.6 is 23.4 Å². The van der Waals surface area contributed by atoms with Crippen molar-refractivity contribution >= 4 is 29.3 Å². The second-order valence-corrected chi connectivity index (χ2v) is 12.0. The number of carbonyl (C=O) groups is 1. The van der Waals surface area contributed by atoms with Crippen LogP contribution in [-0.4, -0.2) is 68.1 Å². The van der Waals surface area contributed by atoms with Gasteiger partial charge in [-0.1, -0.05) is 17.9 Å². The zero-order chi connectivity index (χ0) is 29.9. The van der Waals surface area contributed by atoms with Gasteiger partial charge in [-0.2, -0.15) is 5.10 Å². The van der Waals surface area contributed by atoms with Crippen LogP contribution in [0.2, 0.25) is 0 Å². The monoisotopic (exact) mass is 622 g/mol. The van der Waals surface area contributed by atoms with Gasteiger partial charge in [0.05, 0.1) is 41.6 Å². The van der Waals surface area contributed by atoms with E-state index in [2.05, 4.69) is 21.7 Å². The molecule has 1 saturated heterocycles. The highest BCUT2D eigenvalue weighted by molar-refractivity contribution is 7.93. The normalized spacial score (nSPS) is 15.3. The molecule has 1 aliphatic heterocycles. The number of aromatic carboxylic acids is 1. The summed E-state index contributed by atoms with van der Waals surface area (Å²) in [6.45, 7) is 3.36. The topological polar surface area (TPSA) is 101 Å². The molecule has 0 unspecified atom stereocenters. The van der Waals surface area contributed by atoms with E-state index in [1.807, 2.05) is 0 Å². The largest absolute Gasteiger partial charge is 0.476 e. The number of nitrogens with zero attached hydrogens (tertiary/aromatic N) is 4. The lowest BCUT2D eigenvalue weighted by atomic mass is 9.96. The van der Waals surface area contributed by atoms with Crippen molar-refractivity contribution < 1.29 is 28.0 Å². The summed E-state index contributed by atoms with van der Waals surface area (Å²) in [6.07, 6.45) is 3.13. The Morgan fingerprint density at radius 1 is 1.14 bits per heavy atom. The fraction of sp³-hybridized carbons (Fsp3) is 0.323. The first-order valence-electron chi connectivity index (χ1n) is 13.9. The van der Waals surface area contributed by atoms with Crippen molar-refractivity contribution in [2.45, 2.75) is 30.6 Å². The Bertz CT molecular complexity index is 1720. The van der Waals surface area contributed by atoms with Crippen LogP contribution in [0.4, 0.5) is 8.78 Å². The average molecular weight is 623 g/mol. The second kappa shape index (κ2) is 13.0. The van der Waals surface area contributed by atoms with E-state index in [0.29, 0.717) is 72.5 Å². The molecule has 8 nitrogen and oxygen atoms in total. The predicted octanol–water partition coefficient (Wildman–Crippen LogP) is 5.76. The first-order chi connectivity index (χ1) is 20.9. The standard InChI is InChI=1S/C31H28F2N4O4S2/c32-24-7-6-22(17-21(24)2-1-9-36-10-12-41-13-11-36)29-23(14-20-5-8-28(43-40)25(33)15-20)27(16-19-3-4-19)37(35-29)31-34-26(18-42-31)30(38)39/h5-8,15,17-19,40H,3-4,9-14,16H2,(H,38,39). The summed E-state index contributed by atoms with van der Waals surface area (Å²) in [5, 5.41) is 16.3. The van der Waals surface area contributed by atoms with Crippen LogP contribution in [0.1, 0.15) is 45.7 Å². The molecule has 2 fully saturated rings. The molecule has 1 aliphatic carbocycles. The zero-order valence-corrected chi connectivity index (χ0v) is 24.7. The Morgan fingerprint density at radius 2 is 1.95 bits per heavy atom. The van der Waals surface area contributed by atoms with E-state index < -0.39 is 17.6 Å². The van der Waals surface area contributed by atoms with E-state index in [-0.39, 0.29) is 16.2 Å². The molecule has 0 spiro atoms. The molecule has 2 aliphatic rings. The van der Waals surface area contributed by atoms with Gasteiger partial charge in [0, 0.05) is 48.1 Å². The first-order valence-corrected chi connectivity index (χ1v) is 15.5. The summed E-state index contributed by atoms with van der Waals surface area (Å²) in [4.78, 5) is 18.2. The minimum absolute atomic E-state index is 0.0743. The van der Waals surface area contributed by atoms with Crippen molar-refractivity contribution in [3.05, 3.63) is 81.5 Å².